The van der Waals surface area contributed by atoms with Gasteiger partial charge in [0, 0.05) is 30.4 Å². The predicted octanol–water partition coefficient (Wildman–Crippen LogP) is 1.74. The van der Waals surface area contributed by atoms with Crippen LogP contribution in [0.2, 0.25) is 0 Å². The molecule has 2 rings (SSSR count). The topological polar surface area (TPSA) is 92.5 Å². The molecule has 1 fully saturated rings. The average Bonchev–Trinajstić information content (AvgIpc) is 2.54. The molecule has 0 aromatic heterocycles. The zero-order valence-corrected chi connectivity index (χ0v) is 15.2. The van der Waals surface area contributed by atoms with Crippen molar-refractivity contribution >= 4 is 33.7 Å². The van der Waals surface area contributed by atoms with Gasteiger partial charge in [-0.2, -0.15) is 0 Å². The highest BCUT2D eigenvalue weighted by Crippen LogP contribution is 2.23. The molecule has 3 N–H and O–H groups in total. The van der Waals surface area contributed by atoms with E-state index < -0.39 is 0 Å². The van der Waals surface area contributed by atoms with Crippen LogP contribution in [0.15, 0.2) is 28.7 Å². The number of amides is 3. The Bertz CT molecular complexity index is 610. The summed E-state index contributed by atoms with van der Waals surface area (Å²) in [5, 5.41) is 2.84. The number of rotatable bonds is 5. The molecule has 0 saturated carbocycles. The number of hydrogen-bond donors (Lipinski definition) is 2. The number of nitrogens with one attached hydrogen (secondary N) is 1. The maximum Gasteiger partial charge on any atom is 0.224 e. The number of carbonyl (C=O) groups is 3. The van der Waals surface area contributed by atoms with Crippen molar-refractivity contribution < 1.29 is 14.4 Å². The highest BCUT2D eigenvalue weighted by atomic mass is 79.9. The largest absolute Gasteiger partial charge is 0.369 e. The molecule has 3 amide bonds. The number of likely N-dealkylation sites (tertiary alicyclic amines) is 1. The number of primary amides is 1. The molecule has 7 heteroatoms. The van der Waals surface area contributed by atoms with Crippen molar-refractivity contribution in [1.29, 1.82) is 0 Å². The molecule has 0 aliphatic carbocycles. The maximum atomic E-state index is 12.6. The van der Waals surface area contributed by atoms with Gasteiger partial charge in [-0.05, 0) is 30.5 Å². The quantitative estimate of drug-likeness (QED) is 0.794. The van der Waals surface area contributed by atoms with E-state index in [1.165, 1.54) is 6.92 Å². The van der Waals surface area contributed by atoms with E-state index in [2.05, 4.69) is 21.2 Å². The predicted molar refractivity (Wildman–Crippen MR) is 93.8 cm³/mol. The fourth-order valence-electron chi connectivity index (χ4n) is 2.91. The molecule has 0 radical (unpaired) electrons. The maximum absolute atomic E-state index is 12.6. The summed E-state index contributed by atoms with van der Waals surface area (Å²) in [5.41, 5.74) is 6.20. The Labute approximate surface area is 149 Å². The molecule has 6 nitrogen and oxygen atoms in total. The monoisotopic (exact) mass is 395 g/mol. The minimum atomic E-state index is -0.364. The number of nitrogens with two attached hydrogens (primary N) is 1. The van der Waals surface area contributed by atoms with Crippen molar-refractivity contribution in [1.82, 2.24) is 10.2 Å². The molecule has 130 valence electrons. The molecule has 0 bridgehead atoms. The van der Waals surface area contributed by atoms with Crippen molar-refractivity contribution in [3.63, 3.8) is 0 Å². The first kappa shape index (κ1) is 18.4. The van der Waals surface area contributed by atoms with Crippen LogP contribution in [0, 0.1) is 5.92 Å². The van der Waals surface area contributed by atoms with Gasteiger partial charge >= 0.3 is 0 Å². The van der Waals surface area contributed by atoms with Gasteiger partial charge in [0.05, 0.1) is 12.5 Å². The molecule has 1 saturated heterocycles. The van der Waals surface area contributed by atoms with Crippen LogP contribution in [0.3, 0.4) is 0 Å². The van der Waals surface area contributed by atoms with Gasteiger partial charge in [-0.15, -0.1) is 0 Å². The first-order valence-corrected chi connectivity index (χ1v) is 8.75. The van der Waals surface area contributed by atoms with Crippen molar-refractivity contribution in [2.45, 2.75) is 32.2 Å². The Balaban J connectivity index is 2.01. The summed E-state index contributed by atoms with van der Waals surface area (Å²) in [7, 11) is 0. The van der Waals surface area contributed by atoms with E-state index >= 15 is 0 Å². The zero-order chi connectivity index (χ0) is 17.7. The van der Waals surface area contributed by atoms with Crippen LogP contribution >= 0.6 is 15.9 Å². The van der Waals surface area contributed by atoms with Crippen LogP contribution in [0.4, 0.5) is 0 Å². The summed E-state index contributed by atoms with van der Waals surface area (Å²) in [6.07, 6.45) is 1.40. The molecule has 0 spiro atoms. The Kier molecular flexibility index (Phi) is 6.36. The van der Waals surface area contributed by atoms with E-state index in [-0.39, 0.29) is 36.1 Å². The normalized spacial score (nSPS) is 16.5. The van der Waals surface area contributed by atoms with Gasteiger partial charge < -0.3 is 16.0 Å². The lowest BCUT2D eigenvalue weighted by Crippen LogP contribution is -2.43. The van der Waals surface area contributed by atoms with E-state index in [9.17, 15) is 14.4 Å². The Morgan fingerprint density at radius 3 is 2.33 bits per heavy atom. The number of nitrogens with zero attached hydrogens (tertiary/aromatic N) is 1. The summed E-state index contributed by atoms with van der Waals surface area (Å²) in [6, 6.07) is 7.17. The highest BCUT2D eigenvalue weighted by Gasteiger charge is 2.27. The summed E-state index contributed by atoms with van der Waals surface area (Å²) in [4.78, 5) is 37.0. The lowest BCUT2D eigenvalue weighted by molar-refractivity contribution is -0.135. The summed E-state index contributed by atoms with van der Waals surface area (Å²) < 4.78 is 0.938. The average molecular weight is 396 g/mol. The van der Waals surface area contributed by atoms with Gasteiger partial charge in [0.2, 0.25) is 17.7 Å². The van der Waals surface area contributed by atoms with E-state index in [1.54, 1.807) is 4.90 Å². The third kappa shape index (κ3) is 5.06. The molecule has 1 aliphatic heterocycles. The van der Waals surface area contributed by atoms with Crippen molar-refractivity contribution in [2.75, 3.05) is 13.1 Å². The van der Waals surface area contributed by atoms with Crippen LogP contribution in [0.1, 0.15) is 37.8 Å². The molecule has 1 heterocycles. The van der Waals surface area contributed by atoms with E-state index in [4.69, 9.17) is 5.73 Å². The second kappa shape index (κ2) is 8.28. The third-order valence-electron chi connectivity index (χ3n) is 4.28. The highest BCUT2D eigenvalue weighted by molar-refractivity contribution is 9.10. The van der Waals surface area contributed by atoms with Gasteiger partial charge in [0.25, 0.3) is 0 Å². The standard InChI is InChI=1S/C17H22BrN3O3/c1-11(22)20-15(12-2-4-14(18)5-3-12)10-16(23)21-8-6-13(7-9-21)17(19)24/h2-5,13,15H,6-10H2,1H3,(H2,19,24)(H,20,22). The molecule has 1 aliphatic rings. The molecule has 1 aromatic carbocycles. The molecular formula is C17H22BrN3O3. The van der Waals surface area contributed by atoms with Gasteiger partial charge in [0.1, 0.15) is 0 Å². The zero-order valence-electron chi connectivity index (χ0n) is 13.6. The fourth-order valence-corrected chi connectivity index (χ4v) is 3.17. The molecule has 1 aromatic rings. The lowest BCUT2D eigenvalue weighted by Gasteiger charge is -2.32. The first-order chi connectivity index (χ1) is 11.4. The van der Waals surface area contributed by atoms with Crippen LogP contribution in [0.5, 0.6) is 0 Å². The van der Waals surface area contributed by atoms with Crippen LogP contribution in [-0.2, 0) is 14.4 Å². The van der Waals surface area contributed by atoms with Crippen molar-refractivity contribution in [2.24, 2.45) is 11.7 Å². The first-order valence-electron chi connectivity index (χ1n) is 7.96. The number of carbonyl (C=O) groups excluding carboxylic acids is 3. The van der Waals surface area contributed by atoms with Crippen molar-refractivity contribution in [3.05, 3.63) is 34.3 Å². The lowest BCUT2D eigenvalue weighted by atomic mass is 9.95. The Hall–Kier alpha value is -1.89. The molecule has 1 atom stereocenters. The van der Waals surface area contributed by atoms with Crippen molar-refractivity contribution in [3.8, 4) is 0 Å². The Morgan fingerprint density at radius 2 is 1.83 bits per heavy atom. The molecular weight excluding hydrogens is 374 g/mol. The number of benzene rings is 1. The fraction of sp³-hybridized carbons (Fsp3) is 0.471. The molecule has 24 heavy (non-hydrogen) atoms. The number of halogens is 1. The van der Waals surface area contributed by atoms with Gasteiger partial charge in [-0.25, -0.2) is 0 Å². The van der Waals surface area contributed by atoms with Gasteiger partial charge in [0.15, 0.2) is 0 Å². The third-order valence-corrected chi connectivity index (χ3v) is 4.81. The summed E-state index contributed by atoms with van der Waals surface area (Å²) in [6.45, 7) is 2.49. The van der Waals surface area contributed by atoms with E-state index in [0.717, 1.165) is 10.0 Å². The summed E-state index contributed by atoms with van der Waals surface area (Å²) >= 11 is 3.38. The van der Waals surface area contributed by atoms with Gasteiger partial charge in [-0.1, -0.05) is 28.1 Å². The van der Waals surface area contributed by atoms with E-state index in [1.807, 2.05) is 24.3 Å². The number of piperidine rings is 1. The minimum Gasteiger partial charge on any atom is -0.369 e. The van der Waals surface area contributed by atoms with Crippen LogP contribution in [-0.4, -0.2) is 35.7 Å². The second-order valence-corrected chi connectivity index (χ2v) is 6.98. The van der Waals surface area contributed by atoms with Crippen LogP contribution < -0.4 is 11.1 Å². The van der Waals surface area contributed by atoms with E-state index in [0.29, 0.717) is 25.9 Å². The molecule has 1 unspecified atom stereocenters. The SMILES string of the molecule is CC(=O)NC(CC(=O)N1CCC(C(N)=O)CC1)c1ccc(Br)cc1. The minimum absolute atomic E-state index is 0.0282. The second-order valence-electron chi connectivity index (χ2n) is 6.07. The number of hydrogen-bond acceptors (Lipinski definition) is 3. The Morgan fingerprint density at radius 1 is 1.25 bits per heavy atom. The van der Waals surface area contributed by atoms with Crippen LogP contribution in [0.25, 0.3) is 0 Å². The summed E-state index contributed by atoms with van der Waals surface area (Å²) in [5.74, 6) is -0.650. The van der Waals surface area contributed by atoms with Gasteiger partial charge in [-0.3, -0.25) is 14.4 Å². The smallest absolute Gasteiger partial charge is 0.224 e.